The Balaban J connectivity index is 0.000000257. The maximum Gasteiger partial charge on any atom is 0.416 e. The molecule has 0 unspecified atom stereocenters. The third-order valence-corrected chi connectivity index (χ3v) is 7.48. The average molecular weight is 648 g/mol. The zero-order valence-electron chi connectivity index (χ0n) is 26.7. The lowest BCUT2D eigenvalue weighted by atomic mass is 10.0. The lowest BCUT2D eigenvalue weighted by Crippen LogP contribution is -2.04. The Morgan fingerprint density at radius 2 is 1.04 bits per heavy atom. The Labute approximate surface area is 273 Å². The number of alkyl halides is 3. The summed E-state index contributed by atoms with van der Waals surface area (Å²) in [4.78, 5) is 0. The molecule has 0 aliphatic carbocycles. The standard InChI is InChI=1S/C20H19F5.C20H20FN/c1-2-3-18(21)19(22)16-10-6-14(7-11-16)4-5-15-8-12-17(13-9-15)20(23,24)25;1-2-3-20(21)14-18-10-6-16(7-11-18)4-5-17-8-12-19(15-22)13-9-17/h6-13H,2-5H2,1H3;6-14H,2-5H2,1H3/b19-18+;. The van der Waals surface area contributed by atoms with Crippen molar-refractivity contribution >= 4 is 11.9 Å². The van der Waals surface area contributed by atoms with Gasteiger partial charge in [0.2, 0.25) is 0 Å². The van der Waals surface area contributed by atoms with Gasteiger partial charge in [0.25, 0.3) is 0 Å². The van der Waals surface area contributed by atoms with Crippen LogP contribution in [0.25, 0.3) is 11.9 Å². The van der Waals surface area contributed by atoms with Gasteiger partial charge in [0, 0.05) is 12.0 Å². The lowest BCUT2D eigenvalue weighted by Gasteiger charge is -2.08. The minimum absolute atomic E-state index is 0.0622. The molecule has 0 fully saturated rings. The van der Waals surface area contributed by atoms with Gasteiger partial charge in [-0.05, 0) is 103 Å². The van der Waals surface area contributed by atoms with Crippen LogP contribution in [0.5, 0.6) is 0 Å². The SMILES string of the molecule is CCC/C(F)=C(\F)c1ccc(CCc2ccc(C(F)(F)F)cc2)cc1.CCCC(F)=Cc1ccc(CCc2ccc(C#N)cc2)cc1. The summed E-state index contributed by atoms with van der Waals surface area (Å²) in [6, 6.07) is 29.3. The molecule has 4 aromatic carbocycles. The van der Waals surface area contributed by atoms with Gasteiger partial charge >= 0.3 is 6.18 Å². The number of hydrogen-bond donors (Lipinski definition) is 0. The molecule has 0 aliphatic heterocycles. The predicted octanol–water partition coefficient (Wildman–Crippen LogP) is 12.4. The first kappa shape index (κ1) is 36.9. The van der Waals surface area contributed by atoms with E-state index in [0.29, 0.717) is 31.2 Å². The highest BCUT2D eigenvalue weighted by Crippen LogP contribution is 2.29. The van der Waals surface area contributed by atoms with Crippen LogP contribution in [0, 0.1) is 11.3 Å². The van der Waals surface area contributed by atoms with Gasteiger partial charge in [-0.3, -0.25) is 0 Å². The molecule has 246 valence electrons. The number of aryl methyl sites for hydroxylation is 4. The molecular weight excluding hydrogens is 608 g/mol. The van der Waals surface area contributed by atoms with Crippen molar-refractivity contribution in [1.29, 1.82) is 5.26 Å². The second-order valence-electron chi connectivity index (χ2n) is 11.3. The molecule has 0 aliphatic rings. The van der Waals surface area contributed by atoms with E-state index in [-0.39, 0.29) is 17.8 Å². The Morgan fingerprint density at radius 3 is 1.47 bits per heavy atom. The van der Waals surface area contributed by atoms with Gasteiger partial charge in [-0.1, -0.05) is 86.6 Å². The summed E-state index contributed by atoms with van der Waals surface area (Å²) in [6.07, 6.45) is 2.25. The number of rotatable bonds is 12. The Kier molecular flexibility index (Phi) is 14.6. The largest absolute Gasteiger partial charge is 0.416 e. The second kappa shape index (κ2) is 18.5. The van der Waals surface area contributed by atoms with Crippen molar-refractivity contribution in [2.24, 2.45) is 0 Å². The van der Waals surface area contributed by atoms with Gasteiger partial charge in [0.15, 0.2) is 5.83 Å². The molecule has 47 heavy (non-hydrogen) atoms. The van der Waals surface area contributed by atoms with Crippen molar-refractivity contribution in [3.8, 4) is 6.07 Å². The summed E-state index contributed by atoms with van der Waals surface area (Å²) in [5.74, 6) is -1.65. The molecule has 0 heterocycles. The van der Waals surface area contributed by atoms with Crippen LogP contribution in [-0.2, 0) is 31.9 Å². The van der Waals surface area contributed by atoms with Gasteiger partial charge in [-0.15, -0.1) is 0 Å². The Bertz CT molecular complexity index is 1620. The van der Waals surface area contributed by atoms with Crippen molar-refractivity contribution in [3.05, 3.63) is 153 Å². The number of halogens is 6. The molecular formula is C40H39F6N. The van der Waals surface area contributed by atoms with E-state index < -0.39 is 23.4 Å². The van der Waals surface area contributed by atoms with E-state index in [1.165, 1.54) is 35.4 Å². The van der Waals surface area contributed by atoms with Crippen molar-refractivity contribution in [2.45, 2.75) is 71.4 Å². The first-order valence-electron chi connectivity index (χ1n) is 15.8. The Hall–Kier alpha value is -4.57. The topological polar surface area (TPSA) is 23.8 Å². The minimum atomic E-state index is -4.33. The molecule has 0 saturated heterocycles. The van der Waals surface area contributed by atoms with Crippen LogP contribution in [0.2, 0.25) is 0 Å². The fourth-order valence-electron chi connectivity index (χ4n) is 4.76. The summed E-state index contributed by atoms with van der Waals surface area (Å²) in [5, 5.41) is 8.78. The van der Waals surface area contributed by atoms with Crippen molar-refractivity contribution < 1.29 is 26.3 Å². The fraction of sp³-hybridized carbons (Fsp3) is 0.275. The van der Waals surface area contributed by atoms with E-state index in [0.717, 1.165) is 48.1 Å². The maximum absolute atomic E-state index is 13.8. The third-order valence-electron chi connectivity index (χ3n) is 7.48. The highest BCUT2D eigenvalue weighted by molar-refractivity contribution is 5.61. The van der Waals surface area contributed by atoms with E-state index >= 15 is 0 Å². The highest BCUT2D eigenvalue weighted by atomic mass is 19.4. The molecule has 0 aromatic heterocycles. The maximum atomic E-state index is 13.8. The number of nitrogens with zero attached hydrogens (tertiary/aromatic N) is 1. The summed E-state index contributed by atoms with van der Waals surface area (Å²) < 4.78 is 78.4. The zero-order valence-corrected chi connectivity index (χ0v) is 26.7. The molecule has 0 saturated carbocycles. The smallest absolute Gasteiger partial charge is 0.212 e. The molecule has 4 rings (SSSR count). The van der Waals surface area contributed by atoms with E-state index in [1.807, 2.05) is 43.3 Å². The third kappa shape index (κ3) is 12.6. The molecule has 4 aromatic rings. The summed E-state index contributed by atoms with van der Waals surface area (Å²) in [5.41, 5.74) is 5.28. The molecule has 0 N–H and O–H groups in total. The number of nitriles is 1. The van der Waals surface area contributed by atoms with Crippen molar-refractivity contribution in [3.63, 3.8) is 0 Å². The van der Waals surface area contributed by atoms with Crippen LogP contribution in [0.1, 0.15) is 84.0 Å². The molecule has 0 radical (unpaired) electrons. The fourth-order valence-corrected chi connectivity index (χ4v) is 4.76. The predicted molar refractivity (Wildman–Crippen MR) is 178 cm³/mol. The molecule has 7 heteroatoms. The second-order valence-corrected chi connectivity index (χ2v) is 11.3. The normalized spacial score (nSPS) is 12.1. The molecule has 0 amide bonds. The Morgan fingerprint density at radius 1 is 0.617 bits per heavy atom. The monoisotopic (exact) mass is 647 g/mol. The van der Waals surface area contributed by atoms with Gasteiger partial charge in [0.1, 0.15) is 11.7 Å². The first-order chi connectivity index (χ1) is 22.5. The van der Waals surface area contributed by atoms with Crippen LogP contribution in [0.15, 0.2) is 109 Å². The molecule has 1 nitrogen and oxygen atoms in total. The van der Waals surface area contributed by atoms with Crippen molar-refractivity contribution in [1.82, 2.24) is 0 Å². The molecule has 0 atom stereocenters. The van der Waals surface area contributed by atoms with Gasteiger partial charge in [-0.2, -0.15) is 18.4 Å². The van der Waals surface area contributed by atoms with Crippen LogP contribution >= 0.6 is 0 Å². The van der Waals surface area contributed by atoms with Crippen LogP contribution in [0.3, 0.4) is 0 Å². The minimum Gasteiger partial charge on any atom is -0.212 e. The number of benzene rings is 4. The highest BCUT2D eigenvalue weighted by Gasteiger charge is 2.29. The van der Waals surface area contributed by atoms with Crippen molar-refractivity contribution in [2.75, 3.05) is 0 Å². The number of hydrogen-bond acceptors (Lipinski definition) is 1. The van der Waals surface area contributed by atoms with E-state index in [1.54, 1.807) is 25.1 Å². The van der Waals surface area contributed by atoms with Crippen LogP contribution < -0.4 is 0 Å². The average Bonchev–Trinajstić information content (AvgIpc) is 3.07. The van der Waals surface area contributed by atoms with Crippen LogP contribution in [0.4, 0.5) is 26.3 Å². The summed E-state index contributed by atoms with van der Waals surface area (Å²) in [7, 11) is 0. The van der Waals surface area contributed by atoms with E-state index in [9.17, 15) is 26.3 Å². The first-order valence-corrected chi connectivity index (χ1v) is 15.8. The van der Waals surface area contributed by atoms with Crippen LogP contribution in [-0.4, -0.2) is 0 Å². The quantitative estimate of drug-likeness (QED) is 0.140. The van der Waals surface area contributed by atoms with Gasteiger partial charge in [-0.25, -0.2) is 13.2 Å². The molecule has 0 spiro atoms. The number of allylic oxidation sites excluding steroid dienone is 2. The summed E-state index contributed by atoms with van der Waals surface area (Å²) in [6.45, 7) is 3.75. The lowest BCUT2D eigenvalue weighted by molar-refractivity contribution is -0.137. The zero-order chi connectivity index (χ0) is 34.2. The summed E-state index contributed by atoms with van der Waals surface area (Å²) >= 11 is 0. The van der Waals surface area contributed by atoms with Gasteiger partial charge < -0.3 is 0 Å². The van der Waals surface area contributed by atoms with E-state index in [4.69, 9.17) is 5.26 Å². The van der Waals surface area contributed by atoms with Gasteiger partial charge in [0.05, 0.1) is 17.2 Å². The van der Waals surface area contributed by atoms with E-state index in [2.05, 4.69) is 18.2 Å². The molecule has 0 bridgehead atoms.